The first-order valence-corrected chi connectivity index (χ1v) is 6.53. The van der Waals surface area contributed by atoms with Crippen molar-refractivity contribution >= 4 is 16.6 Å². The molecule has 1 aromatic carbocycles. The van der Waals surface area contributed by atoms with Crippen LogP contribution >= 0.6 is 0 Å². The van der Waals surface area contributed by atoms with Gasteiger partial charge in [0.15, 0.2) is 5.82 Å². The molecular formula is C13H13AlF2N2O. The van der Waals surface area contributed by atoms with Crippen molar-refractivity contribution in [1.29, 1.82) is 0 Å². The van der Waals surface area contributed by atoms with Crippen molar-refractivity contribution in [3.05, 3.63) is 41.7 Å². The van der Waals surface area contributed by atoms with Gasteiger partial charge in [-0.15, -0.1) is 0 Å². The standard InChI is InChI=1S/C13H14F2N2O.Al/c1-2-3-4-10-5-6-17(16-10)13-11(15)7-9(14)8-12(13)18;/h5-8,18H,2-4H2,1H3;/q;+1/p-1. The van der Waals surface area contributed by atoms with E-state index in [2.05, 4.69) is 12.0 Å². The summed E-state index contributed by atoms with van der Waals surface area (Å²) in [6.45, 7) is 2.09. The topological polar surface area (TPSA) is 27.1 Å². The Balaban J connectivity index is 2.38. The minimum absolute atomic E-state index is 0.0904. The van der Waals surface area contributed by atoms with Crippen LogP contribution in [0.15, 0.2) is 24.4 Å². The van der Waals surface area contributed by atoms with E-state index in [1.54, 1.807) is 6.20 Å². The van der Waals surface area contributed by atoms with E-state index in [1.807, 2.05) is 22.7 Å². The minimum atomic E-state index is -0.706. The lowest BCUT2D eigenvalue weighted by molar-refractivity contribution is 0.537. The number of rotatable bonds is 5. The zero-order valence-corrected chi connectivity index (χ0v) is 11.7. The van der Waals surface area contributed by atoms with Gasteiger partial charge in [-0.3, -0.25) is 0 Å². The third-order valence-electron chi connectivity index (χ3n) is 2.78. The summed E-state index contributed by atoms with van der Waals surface area (Å²) in [7, 11) is 0. The van der Waals surface area contributed by atoms with Gasteiger partial charge in [0.1, 0.15) is 17.3 Å². The lowest BCUT2D eigenvalue weighted by Crippen LogP contribution is -2.04. The van der Waals surface area contributed by atoms with Crippen molar-refractivity contribution in [2.75, 3.05) is 0 Å². The Kier molecular flexibility index (Phi) is 4.57. The fourth-order valence-corrected chi connectivity index (χ4v) is 2.01. The smallest absolute Gasteiger partial charge is 0.482 e. The molecule has 3 nitrogen and oxygen atoms in total. The number of halogens is 2. The maximum atomic E-state index is 13.9. The molecule has 0 amide bonds. The van der Waals surface area contributed by atoms with Crippen LogP contribution < -0.4 is 3.79 Å². The van der Waals surface area contributed by atoms with Crippen LogP contribution in [-0.4, -0.2) is 26.4 Å². The van der Waals surface area contributed by atoms with Crippen LogP contribution in [0.5, 0.6) is 5.75 Å². The summed E-state index contributed by atoms with van der Waals surface area (Å²) in [4.78, 5) is 0. The van der Waals surface area contributed by atoms with Crippen molar-refractivity contribution in [2.24, 2.45) is 0 Å². The Morgan fingerprint density at radius 3 is 2.84 bits per heavy atom. The molecule has 2 aromatic rings. The van der Waals surface area contributed by atoms with E-state index < -0.39 is 11.6 Å². The number of aromatic nitrogens is 2. The lowest BCUT2D eigenvalue weighted by Gasteiger charge is -2.11. The van der Waals surface area contributed by atoms with Crippen molar-refractivity contribution in [2.45, 2.75) is 26.2 Å². The van der Waals surface area contributed by atoms with Gasteiger partial charge in [0, 0.05) is 18.3 Å². The SMILES string of the molecule is CCCCc1ccn(-c2c(F)cc(F)cc2[O][Al])n1. The van der Waals surface area contributed by atoms with Crippen LogP contribution in [0.3, 0.4) is 0 Å². The Labute approximate surface area is 118 Å². The van der Waals surface area contributed by atoms with Gasteiger partial charge in [-0.25, -0.2) is 13.5 Å². The Bertz CT molecular complexity index is 572. The largest absolute Gasteiger partial charge is 0.652 e. The molecule has 0 atom stereocenters. The van der Waals surface area contributed by atoms with Crippen LogP contribution in [-0.2, 0) is 6.42 Å². The van der Waals surface area contributed by atoms with Gasteiger partial charge >= 0.3 is 16.6 Å². The molecule has 0 unspecified atom stereocenters. The third-order valence-corrected chi connectivity index (χ3v) is 3.03. The summed E-state index contributed by atoms with van der Waals surface area (Å²) < 4.78 is 33.3. The van der Waals surface area contributed by atoms with Crippen molar-refractivity contribution in [1.82, 2.24) is 9.78 Å². The first-order chi connectivity index (χ1) is 9.15. The predicted molar refractivity (Wildman–Crippen MR) is 68.5 cm³/mol. The molecule has 0 aliphatic heterocycles. The number of nitrogens with zero attached hydrogens (tertiary/aromatic N) is 2. The lowest BCUT2D eigenvalue weighted by atomic mass is 10.2. The van der Waals surface area contributed by atoms with Crippen molar-refractivity contribution in [3.63, 3.8) is 0 Å². The summed E-state index contributed by atoms with van der Waals surface area (Å²) in [5, 5.41) is 4.28. The molecule has 1 heterocycles. The predicted octanol–water partition coefficient (Wildman–Crippen LogP) is 2.96. The molecule has 98 valence electrons. The molecule has 1 aromatic heterocycles. The molecule has 0 saturated heterocycles. The highest BCUT2D eigenvalue weighted by Crippen LogP contribution is 2.26. The second kappa shape index (κ2) is 6.18. The highest BCUT2D eigenvalue weighted by atomic mass is 27.1. The molecule has 19 heavy (non-hydrogen) atoms. The van der Waals surface area contributed by atoms with Crippen LogP contribution in [0, 0.1) is 11.6 Å². The van der Waals surface area contributed by atoms with E-state index in [0.29, 0.717) is 0 Å². The zero-order chi connectivity index (χ0) is 13.8. The molecule has 0 saturated carbocycles. The molecule has 0 aliphatic rings. The van der Waals surface area contributed by atoms with Gasteiger partial charge in [-0.1, -0.05) is 13.3 Å². The van der Waals surface area contributed by atoms with Gasteiger partial charge in [0.05, 0.1) is 5.69 Å². The van der Waals surface area contributed by atoms with Crippen molar-refractivity contribution in [3.8, 4) is 11.4 Å². The average Bonchev–Trinajstić information content (AvgIpc) is 2.83. The molecule has 2 radical (unpaired) electrons. The maximum Gasteiger partial charge on any atom is 0.482 e. The normalized spacial score (nSPS) is 10.7. The van der Waals surface area contributed by atoms with Crippen LogP contribution in [0.25, 0.3) is 5.69 Å². The van der Waals surface area contributed by atoms with E-state index in [9.17, 15) is 8.78 Å². The minimum Gasteiger partial charge on any atom is -0.652 e. The molecule has 2 rings (SSSR count). The second-order valence-corrected chi connectivity index (χ2v) is 4.44. The average molecular weight is 278 g/mol. The first-order valence-electron chi connectivity index (χ1n) is 6.06. The van der Waals surface area contributed by atoms with Crippen LogP contribution in [0.2, 0.25) is 0 Å². The van der Waals surface area contributed by atoms with E-state index in [0.717, 1.165) is 37.1 Å². The highest BCUT2D eigenvalue weighted by molar-refractivity contribution is 6.00. The van der Waals surface area contributed by atoms with Gasteiger partial charge in [0.25, 0.3) is 0 Å². The highest BCUT2D eigenvalue weighted by Gasteiger charge is 2.14. The Morgan fingerprint density at radius 1 is 1.37 bits per heavy atom. The van der Waals surface area contributed by atoms with E-state index in [4.69, 9.17) is 3.79 Å². The van der Waals surface area contributed by atoms with Crippen LogP contribution in [0.4, 0.5) is 8.78 Å². The second-order valence-electron chi connectivity index (χ2n) is 4.21. The fraction of sp³-hybridized carbons (Fsp3) is 0.308. The number of benzene rings is 1. The number of hydrogen-bond acceptors (Lipinski definition) is 2. The summed E-state index contributed by atoms with van der Waals surface area (Å²) in [5.74, 6) is -1.30. The first kappa shape index (κ1) is 14.0. The number of unbranched alkanes of at least 4 members (excludes halogenated alkanes) is 1. The van der Waals surface area contributed by atoms with Gasteiger partial charge < -0.3 is 3.79 Å². The third kappa shape index (κ3) is 3.14. The Hall–Kier alpha value is -1.38. The van der Waals surface area contributed by atoms with Gasteiger partial charge in [-0.05, 0) is 18.9 Å². The zero-order valence-electron chi connectivity index (χ0n) is 10.6. The quantitative estimate of drug-likeness (QED) is 0.786. The van der Waals surface area contributed by atoms with E-state index >= 15 is 0 Å². The summed E-state index contributed by atoms with van der Waals surface area (Å²) >= 11 is 1.98. The number of aryl methyl sites for hydroxylation is 1. The van der Waals surface area contributed by atoms with Crippen LogP contribution in [0.1, 0.15) is 25.5 Å². The van der Waals surface area contributed by atoms with E-state index in [-0.39, 0.29) is 11.4 Å². The fourth-order valence-electron chi connectivity index (χ4n) is 1.83. The van der Waals surface area contributed by atoms with Gasteiger partial charge in [-0.2, -0.15) is 5.10 Å². The van der Waals surface area contributed by atoms with Gasteiger partial charge in [0.2, 0.25) is 0 Å². The Morgan fingerprint density at radius 2 is 2.16 bits per heavy atom. The monoisotopic (exact) mass is 278 g/mol. The van der Waals surface area contributed by atoms with Crippen molar-refractivity contribution < 1.29 is 12.6 Å². The maximum absolute atomic E-state index is 13.9. The summed E-state index contributed by atoms with van der Waals surface area (Å²) in [5.41, 5.74) is 0.986. The molecule has 0 bridgehead atoms. The molecule has 0 N–H and O–H groups in total. The van der Waals surface area contributed by atoms with E-state index in [1.165, 1.54) is 4.68 Å². The molecule has 0 aliphatic carbocycles. The summed E-state index contributed by atoms with van der Waals surface area (Å²) in [6.07, 6.45) is 4.57. The molecule has 0 spiro atoms. The molecular weight excluding hydrogens is 265 g/mol. The summed E-state index contributed by atoms with van der Waals surface area (Å²) in [6, 6.07) is 3.76. The molecule has 0 fully saturated rings. The molecule has 6 heteroatoms. The number of hydrogen-bond donors (Lipinski definition) is 0.